The van der Waals surface area contributed by atoms with E-state index in [0.29, 0.717) is 19.8 Å². The molecule has 0 aromatic carbocycles. The molecule has 0 bridgehead atoms. The summed E-state index contributed by atoms with van der Waals surface area (Å²) in [6.45, 7) is 7.34. The van der Waals surface area contributed by atoms with Crippen molar-refractivity contribution in [3.05, 3.63) is 15.9 Å². The molecule has 0 amide bonds. The molecule has 0 spiro atoms. The van der Waals surface area contributed by atoms with Gasteiger partial charge in [0, 0.05) is 31.8 Å². The van der Waals surface area contributed by atoms with E-state index in [-0.39, 0.29) is 12.1 Å². The van der Waals surface area contributed by atoms with Crippen LogP contribution in [-0.4, -0.2) is 40.2 Å². The van der Waals surface area contributed by atoms with Crippen molar-refractivity contribution < 1.29 is 9.84 Å². The summed E-state index contributed by atoms with van der Waals surface area (Å²) in [6.07, 6.45) is 2.61. The highest BCUT2D eigenvalue weighted by atomic mass is 79.9. The second kappa shape index (κ2) is 7.02. The van der Waals surface area contributed by atoms with E-state index < -0.39 is 0 Å². The van der Waals surface area contributed by atoms with E-state index in [4.69, 9.17) is 4.74 Å². The molecule has 114 valence electrons. The topological polar surface area (TPSA) is 59.3 Å². The van der Waals surface area contributed by atoms with E-state index >= 15 is 0 Å². The van der Waals surface area contributed by atoms with Gasteiger partial charge in [-0.15, -0.1) is 0 Å². The van der Waals surface area contributed by atoms with Crippen LogP contribution in [0.3, 0.4) is 0 Å². The first-order valence-electron chi connectivity index (χ1n) is 7.33. The number of aryl methyl sites for hydroxylation is 2. The molecule has 0 radical (unpaired) electrons. The number of aromatic nitrogens is 2. The van der Waals surface area contributed by atoms with Gasteiger partial charge in [0.1, 0.15) is 0 Å². The highest BCUT2D eigenvalue weighted by Crippen LogP contribution is 2.25. The number of halogens is 1. The van der Waals surface area contributed by atoms with Crippen molar-refractivity contribution in [2.24, 2.45) is 0 Å². The van der Waals surface area contributed by atoms with Crippen molar-refractivity contribution in [1.82, 2.24) is 15.1 Å². The van der Waals surface area contributed by atoms with Gasteiger partial charge in [-0.05, 0) is 42.1 Å². The van der Waals surface area contributed by atoms with Crippen molar-refractivity contribution in [3.8, 4) is 0 Å². The fraction of sp³-hybridized carbons (Fsp3) is 0.786. The fourth-order valence-electron chi connectivity index (χ4n) is 2.61. The summed E-state index contributed by atoms with van der Waals surface area (Å²) in [5.41, 5.74) is 2.03. The molecule has 1 aromatic rings. The molecule has 2 rings (SSSR count). The van der Waals surface area contributed by atoms with Gasteiger partial charge in [-0.2, -0.15) is 5.10 Å². The summed E-state index contributed by atoms with van der Waals surface area (Å²) in [4.78, 5) is 0. The minimum atomic E-state index is -0.215. The van der Waals surface area contributed by atoms with Crippen molar-refractivity contribution in [1.29, 1.82) is 0 Å². The van der Waals surface area contributed by atoms with Gasteiger partial charge < -0.3 is 15.2 Å². The van der Waals surface area contributed by atoms with E-state index in [1.165, 1.54) is 0 Å². The normalized spacial score (nSPS) is 18.4. The van der Waals surface area contributed by atoms with Crippen LogP contribution in [0.5, 0.6) is 0 Å². The van der Waals surface area contributed by atoms with Crippen molar-refractivity contribution in [3.63, 3.8) is 0 Å². The predicted molar refractivity (Wildman–Crippen MR) is 81.7 cm³/mol. The first kappa shape index (κ1) is 15.9. The summed E-state index contributed by atoms with van der Waals surface area (Å²) >= 11 is 3.66. The molecule has 20 heavy (non-hydrogen) atoms. The number of hydrogen-bond donors (Lipinski definition) is 2. The maximum Gasteiger partial charge on any atom is 0.0767 e. The Morgan fingerprint density at radius 2 is 2.10 bits per heavy atom. The maximum absolute atomic E-state index is 9.71. The van der Waals surface area contributed by atoms with Crippen LogP contribution in [0.15, 0.2) is 4.47 Å². The van der Waals surface area contributed by atoms with Crippen LogP contribution in [-0.2, 0) is 24.2 Å². The highest BCUT2D eigenvalue weighted by Gasteiger charge is 2.32. The lowest BCUT2D eigenvalue weighted by Gasteiger charge is -2.36. The van der Waals surface area contributed by atoms with Crippen LogP contribution in [0.1, 0.15) is 38.1 Å². The first-order valence-corrected chi connectivity index (χ1v) is 8.12. The molecule has 2 N–H and O–H groups in total. The fourth-order valence-corrected chi connectivity index (χ4v) is 3.31. The third kappa shape index (κ3) is 3.24. The van der Waals surface area contributed by atoms with Crippen molar-refractivity contribution >= 4 is 15.9 Å². The molecule has 5 nitrogen and oxygen atoms in total. The number of aliphatic hydroxyl groups excluding tert-OH is 1. The van der Waals surface area contributed by atoms with Crippen LogP contribution in [0.2, 0.25) is 0 Å². The zero-order chi connectivity index (χ0) is 14.6. The molecule has 6 heteroatoms. The summed E-state index contributed by atoms with van der Waals surface area (Å²) < 4.78 is 8.51. The molecular formula is C14H24BrN3O2. The third-order valence-electron chi connectivity index (χ3n) is 4.08. The predicted octanol–water partition coefficient (Wildman–Crippen LogP) is 1.86. The Morgan fingerprint density at radius 3 is 2.65 bits per heavy atom. The van der Waals surface area contributed by atoms with E-state index in [1.807, 2.05) is 4.68 Å². The molecule has 0 unspecified atom stereocenters. The summed E-state index contributed by atoms with van der Waals surface area (Å²) in [5, 5.41) is 17.8. The summed E-state index contributed by atoms with van der Waals surface area (Å²) in [6, 6.07) is 0. The molecule has 0 aliphatic carbocycles. The van der Waals surface area contributed by atoms with Crippen LogP contribution >= 0.6 is 15.9 Å². The zero-order valence-electron chi connectivity index (χ0n) is 12.3. The Balaban J connectivity index is 2.11. The van der Waals surface area contributed by atoms with Gasteiger partial charge in [0.05, 0.1) is 22.5 Å². The number of rotatable bonds is 6. The average molecular weight is 346 g/mol. The lowest BCUT2D eigenvalue weighted by molar-refractivity contribution is 0.0108. The smallest absolute Gasteiger partial charge is 0.0767 e. The van der Waals surface area contributed by atoms with Gasteiger partial charge in [0.2, 0.25) is 0 Å². The Hall–Kier alpha value is -0.430. The molecule has 0 atom stereocenters. The Labute approximate surface area is 128 Å². The molecule has 1 aromatic heterocycles. The van der Waals surface area contributed by atoms with Gasteiger partial charge in [0.25, 0.3) is 0 Å². The van der Waals surface area contributed by atoms with Crippen molar-refractivity contribution in [2.45, 2.75) is 51.7 Å². The summed E-state index contributed by atoms with van der Waals surface area (Å²) in [5.74, 6) is 0. The molecule has 0 saturated carbocycles. The minimum absolute atomic E-state index is 0.148. The van der Waals surface area contributed by atoms with E-state index in [2.05, 4.69) is 40.2 Å². The van der Waals surface area contributed by atoms with Crippen LogP contribution in [0.25, 0.3) is 0 Å². The lowest BCUT2D eigenvalue weighted by Crippen LogP contribution is -2.52. The van der Waals surface area contributed by atoms with Gasteiger partial charge >= 0.3 is 0 Å². The van der Waals surface area contributed by atoms with Gasteiger partial charge in [-0.1, -0.05) is 6.92 Å². The third-order valence-corrected chi connectivity index (χ3v) is 4.99. The largest absolute Gasteiger partial charge is 0.394 e. The Kier molecular flexibility index (Phi) is 5.60. The number of nitrogens with zero attached hydrogens (tertiary/aromatic N) is 2. The van der Waals surface area contributed by atoms with Gasteiger partial charge in [-0.3, -0.25) is 4.68 Å². The minimum Gasteiger partial charge on any atom is -0.394 e. The van der Waals surface area contributed by atoms with E-state index in [1.54, 1.807) is 0 Å². The highest BCUT2D eigenvalue weighted by molar-refractivity contribution is 9.10. The first-order chi connectivity index (χ1) is 9.65. The molecule has 1 fully saturated rings. The molecular weight excluding hydrogens is 322 g/mol. The van der Waals surface area contributed by atoms with Gasteiger partial charge in [0.15, 0.2) is 0 Å². The second-order valence-corrected chi connectivity index (χ2v) is 6.07. The summed E-state index contributed by atoms with van der Waals surface area (Å²) in [7, 11) is 0. The maximum atomic E-state index is 9.71. The van der Waals surface area contributed by atoms with Gasteiger partial charge in [-0.25, -0.2) is 0 Å². The van der Waals surface area contributed by atoms with Crippen LogP contribution < -0.4 is 5.32 Å². The van der Waals surface area contributed by atoms with Crippen LogP contribution in [0, 0.1) is 0 Å². The average Bonchev–Trinajstić information content (AvgIpc) is 2.81. The molecule has 1 aliphatic rings. The number of hydrogen-bond acceptors (Lipinski definition) is 4. The number of aliphatic hydroxyl groups is 1. The molecule has 2 heterocycles. The lowest BCUT2D eigenvalue weighted by atomic mass is 9.91. The zero-order valence-corrected chi connectivity index (χ0v) is 13.9. The number of nitrogens with one attached hydrogen (secondary N) is 1. The molecule has 1 aliphatic heterocycles. The van der Waals surface area contributed by atoms with E-state index in [0.717, 1.165) is 41.7 Å². The number of ether oxygens (including phenoxy) is 1. The Bertz CT molecular complexity index is 442. The van der Waals surface area contributed by atoms with Crippen LogP contribution in [0.4, 0.5) is 0 Å². The molecule has 1 saturated heterocycles. The quantitative estimate of drug-likeness (QED) is 0.826. The standard InChI is InChI=1S/C14H24BrN3O2/c1-3-11-13(15)12(18(4-2)17-11)9-16-14(10-19)5-7-20-8-6-14/h16,19H,3-10H2,1-2H3. The Morgan fingerprint density at radius 1 is 1.40 bits per heavy atom. The van der Waals surface area contributed by atoms with Crippen molar-refractivity contribution in [2.75, 3.05) is 19.8 Å². The SMILES string of the molecule is CCc1nn(CC)c(CNC2(CO)CCOCC2)c1Br. The monoisotopic (exact) mass is 345 g/mol. The van der Waals surface area contributed by atoms with E-state index in [9.17, 15) is 5.11 Å². The second-order valence-electron chi connectivity index (χ2n) is 5.28.